The van der Waals surface area contributed by atoms with E-state index in [4.69, 9.17) is 0 Å². The Bertz CT molecular complexity index is 794. The van der Waals surface area contributed by atoms with Gasteiger partial charge in [0.1, 0.15) is 0 Å². The van der Waals surface area contributed by atoms with Crippen LogP contribution in [0.25, 0.3) is 5.69 Å². The van der Waals surface area contributed by atoms with E-state index in [0.717, 1.165) is 15.7 Å². The van der Waals surface area contributed by atoms with Gasteiger partial charge in [-0.05, 0) is 42.8 Å². The molecule has 4 heteroatoms. The Kier molecular flexibility index (Phi) is 3.71. The number of para-hydroxylation sites is 1. The fraction of sp³-hybridized carbons (Fsp3) is 0.0588. The van der Waals surface area contributed by atoms with Gasteiger partial charge in [0.15, 0.2) is 5.78 Å². The van der Waals surface area contributed by atoms with E-state index in [0.29, 0.717) is 11.1 Å². The lowest BCUT2D eigenvalue weighted by Gasteiger charge is -2.03. The topological polar surface area (TPSA) is 34.9 Å². The first kappa shape index (κ1) is 13.8. The van der Waals surface area contributed by atoms with E-state index in [-0.39, 0.29) is 5.78 Å². The number of carbonyl (C=O) groups is 1. The second kappa shape index (κ2) is 5.66. The molecule has 0 spiro atoms. The quantitative estimate of drug-likeness (QED) is 0.670. The van der Waals surface area contributed by atoms with E-state index in [9.17, 15) is 4.79 Å². The monoisotopic (exact) mass is 340 g/mol. The summed E-state index contributed by atoms with van der Waals surface area (Å²) in [6.07, 6.45) is 3.37. The minimum atomic E-state index is -0.0119. The first-order valence-electron chi connectivity index (χ1n) is 6.56. The van der Waals surface area contributed by atoms with Gasteiger partial charge >= 0.3 is 0 Å². The highest BCUT2D eigenvalue weighted by molar-refractivity contribution is 9.10. The van der Waals surface area contributed by atoms with Crippen molar-refractivity contribution >= 4 is 21.7 Å². The zero-order chi connectivity index (χ0) is 14.8. The summed E-state index contributed by atoms with van der Waals surface area (Å²) in [5, 5.41) is 4.27. The Morgan fingerprint density at radius 1 is 1.14 bits per heavy atom. The van der Waals surface area contributed by atoms with Crippen LogP contribution in [-0.2, 0) is 0 Å². The van der Waals surface area contributed by atoms with Gasteiger partial charge in [-0.3, -0.25) is 4.79 Å². The Morgan fingerprint density at radius 3 is 2.62 bits per heavy atom. The van der Waals surface area contributed by atoms with Gasteiger partial charge in [0, 0.05) is 16.2 Å². The van der Waals surface area contributed by atoms with Crippen LogP contribution in [-0.4, -0.2) is 15.6 Å². The van der Waals surface area contributed by atoms with Crippen molar-refractivity contribution in [2.24, 2.45) is 0 Å². The number of benzene rings is 2. The van der Waals surface area contributed by atoms with Crippen molar-refractivity contribution in [3.63, 3.8) is 0 Å². The zero-order valence-corrected chi connectivity index (χ0v) is 13.0. The largest absolute Gasteiger partial charge is 0.288 e. The summed E-state index contributed by atoms with van der Waals surface area (Å²) in [6.45, 7) is 1.93. The second-order valence-corrected chi connectivity index (χ2v) is 5.71. The molecule has 3 rings (SSSR count). The molecular formula is C17H13BrN2O. The molecule has 0 radical (unpaired) electrons. The summed E-state index contributed by atoms with van der Waals surface area (Å²) >= 11 is 3.41. The molecule has 21 heavy (non-hydrogen) atoms. The molecular weight excluding hydrogens is 328 g/mol. The van der Waals surface area contributed by atoms with Crippen molar-refractivity contribution in [3.05, 3.63) is 82.1 Å². The van der Waals surface area contributed by atoms with E-state index in [1.165, 1.54) is 0 Å². The average Bonchev–Trinajstić information content (AvgIpc) is 2.97. The van der Waals surface area contributed by atoms with E-state index in [1.54, 1.807) is 17.1 Å². The number of aromatic nitrogens is 2. The molecule has 3 nitrogen and oxygen atoms in total. The number of hydrogen-bond acceptors (Lipinski definition) is 2. The van der Waals surface area contributed by atoms with Gasteiger partial charge in [0.05, 0.1) is 17.4 Å². The molecule has 0 saturated carbocycles. The molecule has 0 saturated heterocycles. The van der Waals surface area contributed by atoms with Gasteiger partial charge in [-0.25, -0.2) is 4.68 Å². The van der Waals surface area contributed by atoms with E-state index >= 15 is 0 Å². The maximum atomic E-state index is 12.6. The van der Waals surface area contributed by atoms with Crippen molar-refractivity contribution in [2.75, 3.05) is 0 Å². The van der Waals surface area contributed by atoms with Gasteiger partial charge in [-0.1, -0.05) is 34.1 Å². The summed E-state index contributed by atoms with van der Waals surface area (Å²) in [5.41, 5.74) is 3.17. The first-order chi connectivity index (χ1) is 10.1. The van der Waals surface area contributed by atoms with E-state index < -0.39 is 0 Å². The maximum Gasteiger partial charge on any atom is 0.196 e. The summed E-state index contributed by atoms with van der Waals surface area (Å²) < 4.78 is 2.68. The zero-order valence-electron chi connectivity index (χ0n) is 11.5. The summed E-state index contributed by atoms with van der Waals surface area (Å²) in [6, 6.07) is 15.4. The third kappa shape index (κ3) is 2.81. The fourth-order valence-corrected chi connectivity index (χ4v) is 2.67. The third-order valence-electron chi connectivity index (χ3n) is 3.30. The smallest absolute Gasteiger partial charge is 0.196 e. The standard InChI is InChI=1S/C17H13BrN2O/c1-12-9-14(18)7-8-16(12)17(21)13-10-19-20(11-13)15-5-3-2-4-6-15/h2-11H,1H3. The lowest BCUT2D eigenvalue weighted by molar-refractivity contribution is 0.103. The van der Waals surface area contributed by atoms with Gasteiger partial charge in [0.25, 0.3) is 0 Å². The Labute approximate surface area is 131 Å². The summed E-state index contributed by atoms with van der Waals surface area (Å²) in [4.78, 5) is 12.6. The second-order valence-electron chi connectivity index (χ2n) is 4.80. The molecule has 0 aliphatic carbocycles. The molecule has 0 atom stereocenters. The maximum absolute atomic E-state index is 12.6. The van der Waals surface area contributed by atoms with E-state index in [1.807, 2.05) is 55.5 Å². The van der Waals surface area contributed by atoms with Crippen LogP contribution in [0.1, 0.15) is 21.5 Å². The predicted molar refractivity (Wildman–Crippen MR) is 85.9 cm³/mol. The fourth-order valence-electron chi connectivity index (χ4n) is 2.20. The molecule has 3 aromatic rings. The van der Waals surface area contributed by atoms with Crippen LogP contribution in [0.3, 0.4) is 0 Å². The minimum Gasteiger partial charge on any atom is -0.288 e. The molecule has 0 bridgehead atoms. The molecule has 0 fully saturated rings. The van der Waals surface area contributed by atoms with E-state index in [2.05, 4.69) is 21.0 Å². The third-order valence-corrected chi connectivity index (χ3v) is 3.79. The number of hydrogen-bond donors (Lipinski definition) is 0. The number of rotatable bonds is 3. The van der Waals surface area contributed by atoms with Crippen LogP contribution in [0.4, 0.5) is 0 Å². The number of halogens is 1. The van der Waals surface area contributed by atoms with Crippen molar-refractivity contribution in [2.45, 2.75) is 6.92 Å². The van der Waals surface area contributed by atoms with Crippen LogP contribution in [0.15, 0.2) is 65.4 Å². The molecule has 0 unspecified atom stereocenters. The number of carbonyl (C=O) groups excluding carboxylic acids is 1. The SMILES string of the molecule is Cc1cc(Br)ccc1C(=O)c1cnn(-c2ccccc2)c1. The highest BCUT2D eigenvalue weighted by Crippen LogP contribution is 2.19. The molecule has 0 amide bonds. The van der Waals surface area contributed by atoms with Crippen LogP contribution in [0.5, 0.6) is 0 Å². The molecule has 1 aromatic heterocycles. The Balaban J connectivity index is 1.94. The summed E-state index contributed by atoms with van der Waals surface area (Å²) in [5.74, 6) is -0.0119. The molecule has 2 aromatic carbocycles. The normalized spacial score (nSPS) is 10.6. The van der Waals surface area contributed by atoms with Crippen LogP contribution in [0.2, 0.25) is 0 Å². The lowest BCUT2D eigenvalue weighted by atomic mass is 10.0. The molecule has 0 aliphatic rings. The molecule has 0 aliphatic heterocycles. The van der Waals surface area contributed by atoms with Crippen LogP contribution < -0.4 is 0 Å². The van der Waals surface area contributed by atoms with Crippen molar-refractivity contribution in [1.82, 2.24) is 9.78 Å². The van der Waals surface area contributed by atoms with Crippen molar-refractivity contribution < 1.29 is 4.79 Å². The molecule has 0 N–H and O–H groups in total. The molecule has 104 valence electrons. The van der Waals surface area contributed by atoms with Crippen molar-refractivity contribution in [3.8, 4) is 5.69 Å². The van der Waals surface area contributed by atoms with Crippen LogP contribution in [0, 0.1) is 6.92 Å². The number of nitrogens with zero attached hydrogens (tertiary/aromatic N) is 2. The number of ketones is 1. The van der Waals surface area contributed by atoms with Crippen LogP contribution >= 0.6 is 15.9 Å². The highest BCUT2D eigenvalue weighted by atomic mass is 79.9. The summed E-state index contributed by atoms with van der Waals surface area (Å²) in [7, 11) is 0. The highest BCUT2D eigenvalue weighted by Gasteiger charge is 2.14. The van der Waals surface area contributed by atoms with Gasteiger partial charge in [0.2, 0.25) is 0 Å². The lowest BCUT2D eigenvalue weighted by Crippen LogP contribution is -2.02. The van der Waals surface area contributed by atoms with Gasteiger partial charge in [-0.15, -0.1) is 0 Å². The van der Waals surface area contributed by atoms with Crippen molar-refractivity contribution in [1.29, 1.82) is 0 Å². The van der Waals surface area contributed by atoms with Gasteiger partial charge < -0.3 is 0 Å². The first-order valence-corrected chi connectivity index (χ1v) is 7.35. The Hall–Kier alpha value is -2.20. The minimum absolute atomic E-state index is 0.0119. The average molecular weight is 341 g/mol. The molecule has 1 heterocycles. The predicted octanol–water partition coefficient (Wildman–Crippen LogP) is 4.17. The Morgan fingerprint density at radius 2 is 1.90 bits per heavy atom. The number of aryl methyl sites for hydroxylation is 1. The van der Waals surface area contributed by atoms with Gasteiger partial charge in [-0.2, -0.15) is 5.10 Å².